The summed E-state index contributed by atoms with van der Waals surface area (Å²) in [7, 11) is 0. The lowest BCUT2D eigenvalue weighted by Crippen LogP contribution is -1.97. The molecule has 1 nitrogen and oxygen atoms in total. The first-order valence-corrected chi connectivity index (χ1v) is 11.6. The summed E-state index contributed by atoms with van der Waals surface area (Å²) >= 11 is 0. The Hall–Kier alpha value is -0.0400. The molecule has 1 aliphatic rings. The maximum Gasteiger partial charge on any atom is 0.0466 e. The van der Waals surface area contributed by atoms with Crippen LogP contribution in [-0.2, 0) is 4.74 Å². The monoisotopic (exact) mass is 338 g/mol. The third-order valence-corrected chi connectivity index (χ3v) is 5.58. The summed E-state index contributed by atoms with van der Waals surface area (Å²) in [5, 5.41) is 0. The predicted octanol–water partition coefficient (Wildman–Crippen LogP) is 8.21. The normalized spacial score (nSPS) is 24.0. The Morgan fingerprint density at radius 2 is 0.375 bits per heavy atom. The topological polar surface area (TPSA) is 9.23 Å². The third kappa shape index (κ3) is 16.8. The van der Waals surface area contributed by atoms with E-state index < -0.39 is 0 Å². The zero-order valence-corrected chi connectivity index (χ0v) is 16.7. The molecule has 1 rings (SSSR count). The fourth-order valence-electron chi connectivity index (χ4n) is 3.87. The summed E-state index contributed by atoms with van der Waals surface area (Å²) in [5.74, 6) is 0. The lowest BCUT2D eigenvalue weighted by Gasteiger charge is -2.06. The van der Waals surface area contributed by atoms with E-state index >= 15 is 0 Å². The lowest BCUT2D eigenvalue weighted by atomic mass is 10.0. The van der Waals surface area contributed by atoms with Gasteiger partial charge in [0.25, 0.3) is 0 Å². The molecule has 1 saturated heterocycles. The van der Waals surface area contributed by atoms with Crippen molar-refractivity contribution in [1.82, 2.24) is 0 Å². The Labute approximate surface area is 153 Å². The molecule has 0 amide bonds. The highest BCUT2D eigenvalue weighted by atomic mass is 16.5. The summed E-state index contributed by atoms with van der Waals surface area (Å²) < 4.78 is 5.77. The molecule has 0 spiro atoms. The van der Waals surface area contributed by atoms with E-state index in [4.69, 9.17) is 4.74 Å². The van der Waals surface area contributed by atoms with Crippen molar-refractivity contribution in [2.75, 3.05) is 13.2 Å². The van der Waals surface area contributed by atoms with Gasteiger partial charge in [-0.1, -0.05) is 122 Å². The van der Waals surface area contributed by atoms with Crippen LogP contribution in [0.3, 0.4) is 0 Å². The molecule has 0 aromatic rings. The van der Waals surface area contributed by atoms with Gasteiger partial charge in [0.1, 0.15) is 0 Å². The van der Waals surface area contributed by atoms with E-state index in [1.54, 1.807) is 0 Å². The number of hydrogen-bond acceptors (Lipinski definition) is 1. The van der Waals surface area contributed by atoms with Crippen LogP contribution >= 0.6 is 0 Å². The highest BCUT2D eigenvalue weighted by Gasteiger charge is 1.97. The van der Waals surface area contributed by atoms with Gasteiger partial charge in [-0.2, -0.15) is 0 Å². The van der Waals surface area contributed by atoms with Crippen molar-refractivity contribution in [3.63, 3.8) is 0 Å². The van der Waals surface area contributed by atoms with Gasteiger partial charge in [0.15, 0.2) is 0 Å². The molecule has 24 heavy (non-hydrogen) atoms. The van der Waals surface area contributed by atoms with Gasteiger partial charge in [-0.15, -0.1) is 0 Å². The molecule has 144 valence electrons. The molecule has 0 aliphatic carbocycles. The average Bonchev–Trinajstić information content (AvgIpc) is 2.59. The van der Waals surface area contributed by atoms with Crippen molar-refractivity contribution in [2.24, 2.45) is 0 Å². The highest BCUT2D eigenvalue weighted by molar-refractivity contribution is 4.51. The SMILES string of the molecule is C1CCCCCCCCCCCOCCCCCCCCCCC1. The van der Waals surface area contributed by atoms with Crippen LogP contribution in [0.1, 0.15) is 135 Å². The second kappa shape index (κ2) is 19.3. The molecule has 1 aliphatic heterocycles. The Morgan fingerprint density at radius 3 is 0.583 bits per heavy atom. The van der Waals surface area contributed by atoms with Crippen LogP contribution in [0.25, 0.3) is 0 Å². The Morgan fingerprint density at radius 1 is 0.208 bits per heavy atom. The molecule has 1 fully saturated rings. The van der Waals surface area contributed by atoms with Crippen LogP contribution in [0.5, 0.6) is 0 Å². The quantitative estimate of drug-likeness (QED) is 0.432. The van der Waals surface area contributed by atoms with Gasteiger partial charge < -0.3 is 4.74 Å². The Balaban J connectivity index is 2.00. The van der Waals surface area contributed by atoms with Crippen LogP contribution in [0.2, 0.25) is 0 Å². The van der Waals surface area contributed by atoms with E-state index in [0.717, 1.165) is 13.2 Å². The molecule has 0 N–H and O–H groups in total. The van der Waals surface area contributed by atoms with Crippen LogP contribution < -0.4 is 0 Å². The zero-order valence-electron chi connectivity index (χ0n) is 16.7. The Kier molecular flexibility index (Phi) is 17.7. The molecule has 0 bridgehead atoms. The van der Waals surface area contributed by atoms with Gasteiger partial charge in [-0.25, -0.2) is 0 Å². The van der Waals surface area contributed by atoms with Crippen molar-refractivity contribution >= 4 is 0 Å². The van der Waals surface area contributed by atoms with Crippen LogP contribution in [0, 0.1) is 0 Å². The lowest BCUT2D eigenvalue weighted by molar-refractivity contribution is 0.125. The molecule has 0 saturated carbocycles. The summed E-state index contributed by atoms with van der Waals surface area (Å²) in [6.45, 7) is 2.00. The molecule has 1 heteroatoms. The van der Waals surface area contributed by atoms with E-state index in [-0.39, 0.29) is 0 Å². The van der Waals surface area contributed by atoms with E-state index in [2.05, 4.69) is 0 Å². The highest BCUT2D eigenvalue weighted by Crippen LogP contribution is 2.15. The number of rotatable bonds is 0. The molecular formula is C23H46O. The number of ether oxygens (including phenoxy) is 1. The zero-order chi connectivity index (χ0) is 17.0. The van der Waals surface area contributed by atoms with Gasteiger partial charge in [-0.3, -0.25) is 0 Å². The van der Waals surface area contributed by atoms with Crippen LogP contribution in [0.15, 0.2) is 0 Å². The molecule has 0 aromatic carbocycles. The molecule has 1 heterocycles. The average molecular weight is 339 g/mol. The third-order valence-electron chi connectivity index (χ3n) is 5.58. The maximum atomic E-state index is 5.77. The fourth-order valence-corrected chi connectivity index (χ4v) is 3.87. The van der Waals surface area contributed by atoms with E-state index in [9.17, 15) is 0 Å². The van der Waals surface area contributed by atoms with Crippen LogP contribution in [-0.4, -0.2) is 13.2 Å². The van der Waals surface area contributed by atoms with E-state index in [0.29, 0.717) is 0 Å². The smallest absolute Gasteiger partial charge is 0.0466 e. The van der Waals surface area contributed by atoms with E-state index in [1.807, 2.05) is 0 Å². The van der Waals surface area contributed by atoms with Gasteiger partial charge in [0, 0.05) is 13.2 Å². The largest absolute Gasteiger partial charge is 0.381 e. The van der Waals surface area contributed by atoms with Gasteiger partial charge in [0.2, 0.25) is 0 Å². The molecule has 0 unspecified atom stereocenters. The van der Waals surface area contributed by atoms with Crippen molar-refractivity contribution in [3.05, 3.63) is 0 Å². The maximum absolute atomic E-state index is 5.77. The predicted molar refractivity (Wildman–Crippen MR) is 108 cm³/mol. The summed E-state index contributed by atoms with van der Waals surface area (Å²) in [6, 6.07) is 0. The summed E-state index contributed by atoms with van der Waals surface area (Å²) in [4.78, 5) is 0. The first-order valence-electron chi connectivity index (χ1n) is 11.6. The molecule has 0 aromatic heterocycles. The Bertz CT molecular complexity index is 116. The van der Waals surface area contributed by atoms with Gasteiger partial charge in [-0.05, 0) is 12.8 Å². The fraction of sp³-hybridized carbons (Fsp3) is 1.00. The minimum atomic E-state index is 1.00. The second-order valence-electron chi connectivity index (χ2n) is 8.04. The van der Waals surface area contributed by atoms with Gasteiger partial charge >= 0.3 is 0 Å². The number of hydrogen-bond donors (Lipinski definition) is 0. The van der Waals surface area contributed by atoms with Gasteiger partial charge in [0.05, 0.1) is 0 Å². The standard InChI is InChI=1S/C23H46O/c1-2-4-6-8-10-12-14-16-18-20-22-24-23-21-19-17-15-13-11-9-7-5-3-1/h1-23H2. The molecular weight excluding hydrogens is 292 g/mol. The summed E-state index contributed by atoms with van der Waals surface area (Å²) in [6.07, 6.45) is 30.2. The molecule has 0 radical (unpaired) electrons. The van der Waals surface area contributed by atoms with Crippen LogP contribution in [0.4, 0.5) is 0 Å². The summed E-state index contributed by atoms with van der Waals surface area (Å²) in [5.41, 5.74) is 0. The van der Waals surface area contributed by atoms with E-state index in [1.165, 1.54) is 135 Å². The van der Waals surface area contributed by atoms with Crippen molar-refractivity contribution < 1.29 is 4.74 Å². The first kappa shape index (κ1) is 22.0. The van der Waals surface area contributed by atoms with Crippen molar-refractivity contribution in [2.45, 2.75) is 135 Å². The minimum absolute atomic E-state index is 1.00. The second-order valence-corrected chi connectivity index (χ2v) is 8.04. The van der Waals surface area contributed by atoms with Crippen molar-refractivity contribution in [1.29, 1.82) is 0 Å². The minimum Gasteiger partial charge on any atom is -0.381 e. The molecule has 0 atom stereocenters. The van der Waals surface area contributed by atoms with Crippen molar-refractivity contribution in [3.8, 4) is 0 Å². The first-order chi connectivity index (χ1) is 12.0.